The largest absolute Gasteiger partial charge is 0.350 e. The molecule has 0 aromatic rings. The fourth-order valence-electron chi connectivity index (χ4n) is 4.08. The molecule has 2 rings (SSSR count). The summed E-state index contributed by atoms with van der Waals surface area (Å²) in [6.45, 7) is 8.43. The Bertz CT molecular complexity index is 474. The second kappa shape index (κ2) is 8.10. The predicted octanol–water partition coefficient (Wildman–Crippen LogP) is 3.80. The van der Waals surface area contributed by atoms with Crippen LogP contribution in [0, 0.1) is 11.3 Å². The van der Waals surface area contributed by atoms with Crippen molar-refractivity contribution in [1.29, 1.82) is 5.26 Å². The molecule has 0 aromatic carbocycles. The molecular formula is C19H30N2O2. The number of piperidine rings is 1. The summed E-state index contributed by atoms with van der Waals surface area (Å²) in [5, 5.41) is 9.33. The molecule has 4 nitrogen and oxygen atoms in total. The van der Waals surface area contributed by atoms with Crippen molar-refractivity contribution >= 4 is 0 Å². The van der Waals surface area contributed by atoms with Gasteiger partial charge in [-0.3, -0.25) is 4.90 Å². The zero-order valence-electron chi connectivity index (χ0n) is 14.8. The minimum absolute atomic E-state index is 0.0286. The zero-order chi connectivity index (χ0) is 16.8. The van der Waals surface area contributed by atoms with Crippen LogP contribution in [0.5, 0.6) is 0 Å². The standard InChI is InChI=1S/C19H30N2O2/c1-4-18(11-8-7-9-12-18)21-15-13-19(22-5-2,23-6-3)16-17(21)10-14-20/h7-9,11,17H,4-6,10,12-13,15-16H2,1-3H3/t17-,18+/m1/s1. The number of ether oxygens (including phenoxy) is 2. The molecular weight excluding hydrogens is 288 g/mol. The topological polar surface area (TPSA) is 45.5 Å². The summed E-state index contributed by atoms with van der Waals surface area (Å²) in [4.78, 5) is 2.52. The van der Waals surface area contributed by atoms with E-state index in [1.54, 1.807) is 0 Å². The van der Waals surface area contributed by atoms with Gasteiger partial charge in [-0.2, -0.15) is 5.26 Å². The first-order chi connectivity index (χ1) is 11.2. The Balaban J connectivity index is 2.24. The molecule has 0 radical (unpaired) electrons. The van der Waals surface area contributed by atoms with Crippen molar-refractivity contribution in [3.8, 4) is 6.07 Å². The van der Waals surface area contributed by atoms with Crippen molar-refractivity contribution < 1.29 is 9.47 Å². The molecule has 0 spiro atoms. The summed E-state index contributed by atoms with van der Waals surface area (Å²) in [7, 11) is 0. The van der Waals surface area contributed by atoms with Crippen LogP contribution in [0.1, 0.15) is 52.9 Å². The van der Waals surface area contributed by atoms with Gasteiger partial charge in [0.2, 0.25) is 0 Å². The maximum absolute atomic E-state index is 9.33. The summed E-state index contributed by atoms with van der Waals surface area (Å²) in [5.41, 5.74) is 0.0286. The average Bonchev–Trinajstić information content (AvgIpc) is 2.56. The number of likely N-dealkylation sites (tertiary alicyclic amines) is 1. The molecule has 0 aromatic heterocycles. The third kappa shape index (κ3) is 3.85. The van der Waals surface area contributed by atoms with E-state index in [2.05, 4.69) is 42.2 Å². The minimum atomic E-state index is -0.523. The normalized spacial score (nSPS) is 30.3. The predicted molar refractivity (Wildman–Crippen MR) is 91.9 cm³/mol. The lowest BCUT2D eigenvalue weighted by Gasteiger charge is -2.52. The van der Waals surface area contributed by atoms with Crippen molar-refractivity contribution in [2.45, 2.75) is 70.2 Å². The second-order valence-corrected chi connectivity index (χ2v) is 6.39. The molecule has 2 atom stereocenters. The van der Waals surface area contributed by atoms with Crippen LogP contribution in [-0.4, -0.2) is 42.0 Å². The molecule has 1 fully saturated rings. The first kappa shape index (κ1) is 18.2. The van der Waals surface area contributed by atoms with Crippen molar-refractivity contribution in [3.05, 3.63) is 24.3 Å². The van der Waals surface area contributed by atoms with E-state index in [-0.39, 0.29) is 11.6 Å². The molecule has 0 N–H and O–H groups in total. The van der Waals surface area contributed by atoms with Gasteiger partial charge in [0, 0.05) is 44.2 Å². The first-order valence-corrected chi connectivity index (χ1v) is 8.91. The molecule has 0 amide bonds. The quantitative estimate of drug-likeness (QED) is 0.670. The SMILES string of the molecule is CCOC1(OCC)CCN([C@@]2(CC)C=CC=CC2)[C@H](CC#N)C1. The third-order valence-corrected chi connectivity index (χ3v) is 5.17. The van der Waals surface area contributed by atoms with Crippen LogP contribution < -0.4 is 0 Å². The molecule has 2 aliphatic rings. The van der Waals surface area contributed by atoms with E-state index in [1.807, 2.05) is 13.8 Å². The number of allylic oxidation sites excluding steroid dienone is 2. The molecule has 23 heavy (non-hydrogen) atoms. The Hall–Kier alpha value is -1.15. The van der Waals surface area contributed by atoms with Crippen LogP contribution in [0.3, 0.4) is 0 Å². The Labute approximate surface area is 140 Å². The highest BCUT2D eigenvalue weighted by atomic mass is 16.7. The second-order valence-electron chi connectivity index (χ2n) is 6.39. The molecule has 128 valence electrons. The number of nitriles is 1. The minimum Gasteiger partial charge on any atom is -0.350 e. The molecule has 1 heterocycles. The Morgan fingerprint density at radius 1 is 1.22 bits per heavy atom. The van der Waals surface area contributed by atoms with Crippen LogP contribution in [0.15, 0.2) is 24.3 Å². The summed E-state index contributed by atoms with van der Waals surface area (Å²) in [5.74, 6) is -0.523. The van der Waals surface area contributed by atoms with Gasteiger partial charge < -0.3 is 9.47 Å². The van der Waals surface area contributed by atoms with E-state index >= 15 is 0 Å². The van der Waals surface area contributed by atoms with E-state index in [0.717, 1.165) is 32.2 Å². The van der Waals surface area contributed by atoms with Crippen LogP contribution in [0.4, 0.5) is 0 Å². The van der Waals surface area contributed by atoms with E-state index in [9.17, 15) is 5.26 Å². The number of rotatable bonds is 7. The molecule has 0 bridgehead atoms. The lowest BCUT2D eigenvalue weighted by Crippen LogP contribution is -2.60. The number of nitrogens with zero attached hydrogens (tertiary/aromatic N) is 2. The Morgan fingerprint density at radius 2 is 1.96 bits per heavy atom. The van der Waals surface area contributed by atoms with Crippen LogP contribution in [0.25, 0.3) is 0 Å². The van der Waals surface area contributed by atoms with Crippen molar-refractivity contribution in [3.63, 3.8) is 0 Å². The maximum atomic E-state index is 9.33. The average molecular weight is 318 g/mol. The zero-order valence-corrected chi connectivity index (χ0v) is 14.8. The van der Waals surface area contributed by atoms with E-state index in [4.69, 9.17) is 9.47 Å². The van der Waals surface area contributed by atoms with Gasteiger partial charge in [-0.05, 0) is 26.7 Å². The highest BCUT2D eigenvalue weighted by Crippen LogP contribution is 2.40. The Kier molecular flexibility index (Phi) is 6.41. The molecule has 4 heteroatoms. The van der Waals surface area contributed by atoms with Gasteiger partial charge in [-0.25, -0.2) is 0 Å². The highest BCUT2D eigenvalue weighted by Gasteiger charge is 2.46. The molecule has 0 unspecified atom stereocenters. The van der Waals surface area contributed by atoms with Crippen molar-refractivity contribution in [2.75, 3.05) is 19.8 Å². The van der Waals surface area contributed by atoms with Gasteiger partial charge in [-0.15, -0.1) is 0 Å². The lowest BCUT2D eigenvalue weighted by atomic mass is 9.81. The third-order valence-electron chi connectivity index (χ3n) is 5.17. The van der Waals surface area contributed by atoms with Crippen LogP contribution in [-0.2, 0) is 9.47 Å². The van der Waals surface area contributed by atoms with Crippen LogP contribution >= 0.6 is 0 Å². The van der Waals surface area contributed by atoms with Gasteiger partial charge in [-0.1, -0.05) is 31.2 Å². The summed E-state index contributed by atoms with van der Waals surface area (Å²) >= 11 is 0. The van der Waals surface area contributed by atoms with Gasteiger partial charge in [0.1, 0.15) is 0 Å². The monoisotopic (exact) mass is 318 g/mol. The van der Waals surface area contributed by atoms with Crippen molar-refractivity contribution in [1.82, 2.24) is 4.90 Å². The van der Waals surface area contributed by atoms with E-state index < -0.39 is 5.79 Å². The molecule has 1 aliphatic carbocycles. The number of hydrogen-bond donors (Lipinski definition) is 0. The lowest BCUT2D eigenvalue weighted by molar-refractivity contribution is -0.265. The summed E-state index contributed by atoms with van der Waals surface area (Å²) in [6.07, 6.45) is 13.0. The Morgan fingerprint density at radius 3 is 2.48 bits per heavy atom. The van der Waals surface area contributed by atoms with Crippen LogP contribution in [0.2, 0.25) is 0 Å². The molecule has 0 saturated carbocycles. The smallest absolute Gasteiger partial charge is 0.170 e. The molecule has 1 aliphatic heterocycles. The fourth-order valence-corrected chi connectivity index (χ4v) is 4.08. The molecule has 1 saturated heterocycles. The van der Waals surface area contributed by atoms with Crippen molar-refractivity contribution in [2.24, 2.45) is 0 Å². The fraction of sp³-hybridized carbons (Fsp3) is 0.737. The summed E-state index contributed by atoms with van der Waals surface area (Å²) < 4.78 is 12.0. The van der Waals surface area contributed by atoms with Gasteiger partial charge in [0.25, 0.3) is 0 Å². The highest BCUT2D eigenvalue weighted by molar-refractivity contribution is 5.22. The maximum Gasteiger partial charge on any atom is 0.170 e. The number of hydrogen-bond acceptors (Lipinski definition) is 4. The summed E-state index contributed by atoms with van der Waals surface area (Å²) in [6, 6.07) is 2.54. The van der Waals surface area contributed by atoms with Gasteiger partial charge in [0.05, 0.1) is 12.5 Å². The van der Waals surface area contributed by atoms with Gasteiger partial charge >= 0.3 is 0 Å². The first-order valence-electron chi connectivity index (χ1n) is 8.91. The van der Waals surface area contributed by atoms with E-state index in [1.165, 1.54) is 0 Å². The van der Waals surface area contributed by atoms with E-state index in [0.29, 0.717) is 19.6 Å². The van der Waals surface area contributed by atoms with Gasteiger partial charge in [0.15, 0.2) is 5.79 Å².